The Morgan fingerprint density at radius 1 is 1.12 bits per heavy atom. The van der Waals surface area contributed by atoms with E-state index in [1.165, 1.54) is 12.1 Å². The molecule has 1 aliphatic heterocycles. The molecule has 11 nitrogen and oxygen atoms in total. The number of halogens is 2. The van der Waals surface area contributed by atoms with Gasteiger partial charge in [-0.1, -0.05) is 12.1 Å². The number of nitrogens with one attached hydrogen (secondary N) is 2. The van der Waals surface area contributed by atoms with Crippen molar-refractivity contribution in [3.05, 3.63) is 54.1 Å². The molecule has 4 aromatic rings. The summed E-state index contributed by atoms with van der Waals surface area (Å²) in [5.74, 6) is 0.767. The van der Waals surface area contributed by atoms with Gasteiger partial charge in [-0.05, 0) is 31.5 Å². The number of anilines is 2. The number of morpholine rings is 1. The highest BCUT2D eigenvalue weighted by atomic mass is 32.2. The van der Waals surface area contributed by atoms with Crippen molar-refractivity contribution < 1.29 is 22.3 Å². The topological polar surface area (TPSA) is 138 Å². The Morgan fingerprint density at radius 3 is 2.62 bits per heavy atom. The molecular weight excluding hydrogens is 542 g/mol. The summed E-state index contributed by atoms with van der Waals surface area (Å²) in [5.41, 5.74) is 1.95. The first-order chi connectivity index (χ1) is 19.4. The van der Waals surface area contributed by atoms with Crippen LogP contribution in [0, 0.1) is 5.82 Å². The summed E-state index contributed by atoms with van der Waals surface area (Å²) in [4.78, 5) is 24.9. The number of hydrogen-bond acceptors (Lipinski definition) is 9. The van der Waals surface area contributed by atoms with E-state index >= 15 is 4.39 Å². The molecule has 4 heterocycles. The van der Waals surface area contributed by atoms with E-state index in [0.717, 1.165) is 0 Å². The largest absolute Gasteiger partial charge is 0.378 e. The average molecular weight is 571 g/mol. The van der Waals surface area contributed by atoms with Crippen molar-refractivity contribution in [3.8, 4) is 22.6 Å². The van der Waals surface area contributed by atoms with E-state index in [9.17, 15) is 8.60 Å². The molecule has 0 saturated carbocycles. The third kappa shape index (κ3) is 6.20. The number of aromatic nitrogens is 5. The van der Waals surface area contributed by atoms with E-state index in [2.05, 4.69) is 25.0 Å². The van der Waals surface area contributed by atoms with Crippen molar-refractivity contribution in [3.63, 3.8) is 0 Å². The SMILES string of the molecule is CCNc1ncc(-c2nc(N3CCOCC3)c3nc(-c4cccc(C(F)CCNS(=O)O)c4F)ccc3n2)cn1. The minimum absolute atomic E-state index is 0.0896. The fourth-order valence-electron chi connectivity index (χ4n) is 4.38. The standard InChI is InChI=1S/C26H28F2N8O3S/c1-2-29-26-30-14-16(15-31-26)24-34-21-7-6-20(33-23(21)25(35-24)36-10-12-39-13-11-36)18-5-3-4-17(22(18)28)19(27)8-9-32-40(37)38/h3-7,14-15,19,32H,2,8-13H2,1H3,(H,37,38)(H,29,30,31). The Bertz CT molecular complexity index is 1510. The van der Waals surface area contributed by atoms with Crippen LogP contribution in [0.15, 0.2) is 42.7 Å². The van der Waals surface area contributed by atoms with Gasteiger partial charge in [-0.2, -0.15) is 0 Å². The van der Waals surface area contributed by atoms with Crippen molar-refractivity contribution >= 4 is 34.1 Å². The minimum atomic E-state index is -2.27. The molecule has 1 fully saturated rings. The summed E-state index contributed by atoms with van der Waals surface area (Å²) in [7, 11) is 0. The van der Waals surface area contributed by atoms with Gasteiger partial charge in [0.25, 0.3) is 0 Å². The highest BCUT2D eigenvalue weighted by Crippen LogP contribution is 2.33. The van der Waals surface area contributed by atoms with E-state index in [0.29, 0.717) is 72.7 Å². The summed E-state index contributed by atoms with van der Waals surface area (Å²) in [6, 6.07) is 7.83. The van der Waals surface area contributed by atoms with Crippen LogP contribution < -0.4 is 14.9 Å². The molecule has 1 aromatic carbocycles. The van der Waals surface area contributed by atoms with Gasteiger partial charge in [0.2, 0.25) is 17.2 Å². The van der Waals surface area contributed by atoms with Crippen LogP contribution in [0.3, 0.4) is 0 Å². The van der Waals surface area contributed by atoms with Gasteiger partial charge in [-0.25, -0.2) is 42.6 Å². The third-order valence-corrected chi connectivity index (χ3v) is 6.80. The summed E-state index contributed by atoms with van der Waals surface area (Å²) in [5, 5.41) is 3.06. The maximum Gasteiger partial charge on any atom is 0.231 e. The molecule has 1 saturated heterocycles. The van der Waals surface area contributed by atoms with Crippen LogP contribution in [0.25, 0.3) is 33.7 Å². The average Bonchev–Trinajstić information content (AvgIpc) is 2.97. The van der Waals surface area contributed by atoms with Gasteiger partial charge in [-0.3, -0.25) is 4.55 Å². The zero-order valence-corrected chi connectivity index (χ0v) is 22.5. The fourth-order valence-corrected chi connectivity index (χ4v) is 4.68. The molecule has 0 radical (unpaired) electrons. The van der Waals surface area contributed by atoms with Crippen LogP contribution in [0.1, 0.15) is 25.1 Å². The zero-order valence-electron chi connectivity index (χ0n) is 21.7. The van der Waals surface area contributed by atoms with Gasteiger partial charge in [0.1, 0.15) is 17.5 Å². The number of pyridine rings is 1. The lowest BCUT2D eigenvalue weighted by molar-refractivity contribution is 0.122. The predicted molar refractivity (Wildman–Crippen MR) is 148 cm³/mol. The van der Waals surface area contributed by atoms with Gasteiger partial charge < -0.3 is 15.0 Å². The van der Waals surface area contributed by atoms with Crippen molar-refractivity contribution in [2.45, 2.75) is 19.5 Å². The normalized spacial score (nSPS) is 15.2. The summed E-state index contributed by atoms with van der Waals surface area (Å²) in [6.07, 6.45) is 1.46. The number of ether oxygens (including phenoxy) is 1. The van der Waals surface area contributed by atoms with Gasteiger partial charge in [0.05, 0.1) is 30.0 Å². The molecule has 14 heteroatoms. The summed E-state index contributed by atoms with van der Waals surface area (Å²) < 4.78 is 57.7. The van der Waals surface area contributed by atoms with Gasteiger partial charge in [0, 0.05) is 49.7 Å². The number of benzene rings is 1. The zero-order chi connectivity index (χ0) is 28.1. The Labute approximate surface area is 231 Å². The van der Waals surface area contributed by atoms with Crippen molar-refractivity contribution in [1.29, 1.82) is 0 Å². The molecule has 5 rings (SSSR count). The first-order valence-electron chi connectivity index (χ1n) is 12.8. The third-order valence-electron chi connectivity index (χ3n) is 6.34. The molecule has 1 aliphatic rings. The van der Waals surface area contributed by atoms with E-state index in [1.807, 2.05) is 11.8 Å². The lowest BCUT2D eigenvalue weighted by atomic mass is 10.0. The maximum atomic E-state index is 15.5. The van der Waals surface area contributed by atoms with Gasteiger partial charge in [0.15, 0.2) is 11.6 Å². The van der Waals surface area contributed by atoms with Crippen molar-refractivity contribution in [2.24, 2.45) is 0 Å². The van der Waals surface area contributed by atoms with E-state index in [-0.39, 0.29) is 24.1 Å². The second kappa shape index (κ2) is 12.6. The Morgan fingerprint density at radius 2 is 1.90 bits per heavy atom. The molecule has 0 spiro atoms. The quantitative estimate of drug-likeness (QED) is 0.242. The first-order valence-corrected chi connectivity index (χ1v) is 13.9. The van der Waals surface area contributed by atoms with E-state index in [1.54, 1.807) is 30.6 Å². The molecule has 210 valence electrons. The van der Waals surface area contributed by atoms with Gasteiger partial charge in [-0.15, -0.1) is 0 Å². The van der Waals surface area contributed by atoms with Gasteiger partial charge >= 0.3 is 0 Å². The molecule has 2 unspecified atom stereocenters. The number of alkyl halides is 1. The van der Waals surface area contributed by atoms with Crippen LogP contribution in [-0.2, 0) is 16.0 Å². The molecule has 40 heavy (non-hydrogen) atoms. The summed E-state index contributed by atoms with van der Waals surface area (Å²) in [6.45, 7) is 4.79. The second-order valence-electron chi connectivity index (χ2n) is 8.97. The van der Waals surface area contributed by atoms with Crippen molar-refractivity contribution in [2.75, 3.05) is 49.6 Å². The lowest BCUT2D eigenvalue weighted by Crippen LogP contribution is -2.37. The van der Waals surface area contributed by atoms with E-state index < -0.39 is 23.3 Å². The van der Waals surface area contributed by atoms with Crippen LogP contribution in [-0.4, -0.2) is 73.1 Å². The van der Waals surface area contributed by atoms with Crippen LogP contribution in [0.5, 0.6) is 0 Å². The molecule has 2 atom stereocenters. The highest BCUT2D eigenvalue weighted by Gasteiger charge is 2.22. The fraction of sp³-hybridized carbons (Fsp3) is 0.346. The minimum Gasteiger partial charge on any atom is -0.378 e. The molecule has 3 N–H and O–H groups in total. The Hall–Kier alpha value is -3.72. The van der Waals surface area contributed by atoms with E-state index in [4.69, 9.17) is 19.3 Å². The first kappa shape index (κ1) is 27.8. The molecule has 0 amide bonds. The second-order valence-corrected chi connectivity index (χ2v) is 9.76. The smallest absolute Gasteiger partial charge is 0.231 e. The Kier molecular flexibility index (Phi) is 8.79. The predicted octanol–water partition coefficient (Wildman–Crippen LogP) is 3.68. The van der Waals surface area contributed by atoms with Crippen LogP contribution in [0.4, 0.5) is 20.5 Å². The lowest BCUT2D eigenvalue weighted by Gasteiger charge is -2.28. The monoisotopic (exact) mass is 570 g/mol. The molecule has 0 bridgehead atoms. The number of hydrogen-bond donors (Lipinski definition) is 3. The highest BCUT2D eigenvalue weighted by molar-refractivity contribution is 7.77. The molecule has 0 aliphatic carbocycles. The molecular formula is C26H28F2N8O3S. The molecule has 3 aromatic heterocycles. The summed E-state index contributed by atoms with van der Waals surface area (Å²) >= 11 is -2.27. The number of nitrogens with zero attached hydrogens (tertiary/aromatic N) is 6. The van der Waals surface area contributed by atoms with Crippen LogP contribution in [0.2, 0.25) is 0 Å². The Balaban J connectivity index is 1.54. The number of fused-ring (bicyclic) bond motifs is 1. The maximum absolute atomic E-state index is 15.5. The number of rotatable bonds is 10. The van der Waals surface area contributed by atoms with Crippen LogP contribution >= 0.6 is 0 Å². The van der Waals surface area contributed by atoms with Crippen molar-refractivity contribution in [1.82, 2.24) is 29.6 Å².